The average molecular weight is 436 g/mol. The number of carbonyl (C=O) groups is 1. The molecule has 0 aliphatic heterocycles. The summed E-state index contributed by atoms with van der Waals surface area (Å²) in [4.78, 5) is 18.5. The van der Waals surface area contributed by atoms with Gasteiger partial charge in [-0.15, -0.1) is 11.3 Å². The van der Waals surface area contributed by atoms with E-state index in [4.69, 9.17) is 17.3 Å². The fourth-order valence-corrected chi connectivity index (χ4v) is 4.71. The molecule has 0 bridgehead atoms. The Morgan fingerprint density at radius 3 is 2.70 bits per heavy atom. The molecule has 0 radical (unpaired) electrons. The third-order valence-corrected chi connectivity index (χ3v) is 6.62. The maximum Gasteiger partial charge on any atom is 0.173 e. The molecule has 0 aliphatic carbocycles. The van der Waals surface area contributed by atoms with Gasteiger partial charge >= 0.3 is 0 Å². The molecule has 2 heterocycles. The average Bonchev–Trinajstić information content (AvgIpc) is 3.13. The molecule has 6 heteroatoms. The monoisotopic (exact) mass is 435 g/mol. The van der Waals surface area contributed by atoms with E-state index in [1.54, 1.807) is 12.3 Å². The normalized spacial score (nSPS) is 11.1. The number of Topliss-reactive ketones (excluding diaryl/α,β-unsaturated/α-hetero) is 1. The molecule has 0 spiro atoms. The summed E-state index contributed by atoms with van der Waals surface area (Å²) in [5, 5.41) is 6.02. The fourth-order valence-electron chi connectivity index (χ4n) is 3.37. The number of carbonyl (C=O) groups excluding carboxylic acids is 1. The van der Waals surface area contributed by atoms with Gasteiger partial charge in [-0.05, 0) is 35.1 Å². The number of hydrogen-bond donors (Lipinski definition) is 2. The van der Waals surface area contributed by atoms with Crippen molar-refractivity contribution in [3.8, 4) is 0 Å². The van der Waals surface area contributed by atoms with Crippen molar-refractivity contribution in [2.24, 2.45) is 0 Å². The number of nitrogens with one attached hydrogen (secondary N) is 1. The van der Waals surface area contributed by atoms with Gasteiger partial charge in [0, 0.05) is 36.0 Å². The number of aryl methyl sites for hydroxylation is 1. The molecule has 0 amide bonds. The number of fused-ring (bicyclic) bond motifs is 1. The maximum atomic E-state index is 12.7. The summed E-state index contributed by atoms with van der Waals surface area (Å²) < 4.78 is 0. The highest BCUT2D eigenvalue weighted by Gasteiger charge is 2.14. The van der Waals surface area contributed by atoms with Crippen molar-refractivity contribution in [1.29, 1.82) is 0 Å². The first-order valence-corrected chi connectivity index (χ1v) is 11.0. The SMILES string of the molecule is Nc1nccc2cc(CCC(=O)c3cc(Cl)c(CNCc4ccccc4)s3)ccc12. The number of thiophene rings is 1. The van der Waals surface area contributed by atoms with Crippen LogP contribution in [0, 0.1) is 0 Å². The summed E-state index contributed by atoms with van der Waals surface area (Å²) in [7, 11) is 0. The van der Waals surface area contributed by atoms with Gasteiger partial charge in [-0.3, -0.25) is 4.79 Å². The first kappa shape index (κ1) is 20.5. The number of anilines is 1. The lowest BCUT2D eigenvalue weighted by Crippen LogP contribution is -2.11. The van der Waals surface area contributed by atoms with Crippen LogP contribution in [0.25, 0.3) is 10.8 Å². The Bertz CT molecular complexity index is 1170. The van der Waals surface area contributed by atoms with E-state index < -0.39 is 0 Å². The molecule has 3 N–H and O–H groups in total. The largest absolute Gasteiger partial charge is 0.383 e. The zero-order chi connectivity index (χ0) is 20.9. The molecule has 0 saturated carbocycles. The highest BCUT2D eigenvalue weighted by molar-refractivity contribution is 7.14. The minimum absolute atomic E-state index is 0.116. The predicted octanol–water partition coefficient (Wildman–Crippen LogP) is 5.64. The van der Waals surface area contributed by atoms with E-state index in [-0.39, 0.29) is 5.78 Å². The van der Waals surface area contributed by atoms with Gasteiger partial charge in [0.2, 0.25) is 0 Å². The van der Waals surface area contributed by atoms with Crippen molar-refractivity contribution in [2.75, 3.05) is 5.73 Å². The standard InChI is InChI=1S/C24H22ClN3OS/c25-20-13-22(30-23(20)15-27-14-17-4-2-1-3-5-17)21(29)9-7-16-6-8-19-18(12-16)10-11-28-24(19)26/h1-6,8,10-13,27H,7,9,14-15H2,(H2,26,28). The minimum atomic E-state index is 0.116. The number of rotatable bonds is 8. The van der Waals surface area contributed by atoms with Crippen LogP contribution in [0.2, 0.25) is 5.02 Å². The van der Waals surface area contributed by atoms with Crippen LogP contribution in [0.15, 0.2) is 66.9 Å². The van der Waals surface area contributed by atoms with E-state index in [1.165, 1.54) is 16.9 Å². The summed E-state index contributed by atoms with van der Waals surface area (Å²) in [5.74, 6) is 0.641. The van der Waals surface area contributed by atoms with Gasteiger partial charge < -0.3 is 11.1 Å². The summed E-state index contributed by atoms with van der Waals surface area (Å²) in [6, 6.07) is 20.0. The molecule has 0 saturated heterocycles. The Balaban J connectivity index is 1.35. The van der Waals surface area contributed by atoms with Crippen LogP contribution in [0.1, 0.15) is 32.1 Å². The first-order chi connectivity index (χ1) is 14.6. The van der Waals surface area contributed by atoms with Crippen LogP contribution < -0.4 is 11.1 Å². The van der Waals surface area contributed by atoms with Gasteiger partial charge in [0.1, 0.15) is 5.82 Å². The Morgan fingerprint density at radius 2 is 1.87 bits per heavy atom. The number of pyridine rings is 1. The third-order valence-electron chi connectivity index (χ3n) is 4.99. The zero-order valence-electron chi connectivity index (χ0n) is 16.4. The number of nitrogens with two attached hydrogens (primary N) is 1. The Labute approximate surface area is 184 Å². The van der Waals surface area contributed by atoms with E-state index >= 15 is 0 Å². The molecule has 2 aromatic heterocycles. The summed E-state index contributed by atoms with van der Waals surface area (Å²) in [5.41, 5.74) is 8.23. The van der Waals surface area contributed by atoms with E-state index in [9.17, 15) is 4.79 Å². The molecule has 0 fully saturated rings. The fraction of sp³-hybridized carbons (Fsp3) is 0.167. The van der Waals surface area contributed by atoms with E-state index in [0.29, 0.717) is 35.1 Å². The molecule has 4 aromatic rings. The van der Waals surface area contributed by atoms with Crippen LogP contribution in [-0.4, -0.2) is 10.8 Å². The van der Waals surface area contributed by atoms with Gasteiger partial charge in [-0.1, -0.05) is 60.1 Å². The number of nitrogen functional groups attached to an aromatic ring is 1. The van der Waals surface area contributed by atoms with Crippen molar-refractivity contribution >= 4 is 45.3 Å². The van der Waals surface area contributed by atoms with Crippen LogP contribution in [-0.2, 0) is 19.5 Å². The van der Waals surface area contributed by atoms with Gasteiger partial charge in [0.15, 0.2) is 5.78 Å². The molecule has 2 aromatic carbocycles. The molecule has 0 unspecified atom stereocenters. The molecular weight excluding hydrogens is 414 g/mol. The van der Waals surface area contributed by atoms with Crippen molar-refractivity contribution in [1.82, 2.24) is 10.3 Å². The number of nitrogens with zero attached hydrogens (tertiary/aromatic N) is 1. The molecule has 30 heavy (non-hydrogen) atoms. The second-order valence-electron chi connectivity index (χ2n) is 7.15. The lowest BCUT2D eigenvalue weighted by molar-refractivity contribution is 0.0986. The van der Waals surface area contributed by atoms with Crippen molar-refractivity contribution < 1.29 is 4.79 Å². The molecule has 152 valence electrons. The Morgan fingerprint density at radius 1 is 1.03 bits per heavy atom. The number of aromatic nitrogens is 1. The third kappa shape index (κ3) is 4.87. The lowest BCUT2D eigenvalue weighted by atomic mass is 10.0. The Hall–Kier alpha value is -2.73. The second kappa shape index (κ2) is 9.39. The van der Waals surface area contributed by atoms with Gasteiger partial charge in [-0.2, -0.15) is 0 Å². The zero-order valence-corrected chi connectivity index (χ0v) is 18.0. The van der Waals surface area contributed by atoms with E-state index in [0.717, 1.165) is 27.8 Å². The van der Waals surface area contributed by atoms with Crippen LogP contribution in [0.5, 0.6) is 0 Å². The topological polar surface area (TPSA) is 68.0 Å². The van der Waals surface area contributed by atoms with Crippen molar-refractivity contribution in [3.05, 3.63) is 92.8 Å². The van der Waals surface area contributed by atoms with E-state index in [1.807, 2.05) is 36.4 Å². The molecule has 0 aliphatic rings. The van der Waals surface area contributed by atoms with Gasteiger partial charge in [0.05, 0.1) is 9.90 Å². The summed E-state index contributed by atoms with van der Waals surface area (Å²) in [6.07, 6.45) is 2.82. The molecular formula is C24H22ClN3OS. The lowest BCUT2D eigenvalue weighted by Gasteiger charge is -2.05. The maximum absolute atomic E-state index is 12.7. The van der Waals surface area contributed by atoms with Crippen LogP contribution in [0.3, 0.4) is 0 Å². The highest BCUT2D eigenvalue weighted by atomic mass is 35.5. The van der Waals surface area contributed by atoms with Crippen LogP contribution in [0.4, 0.5) is 5.82 Å². The quantitative estimate of drug-likeness (QED) is 0.351. The molecule has 4 rings (SSSR count). The molecule has 4 nitrogen and oxygen atoms in total. The van der Waals surface area contributed by atoms with Gasteiger partial charge in [0.25, 0.3) is 0 Å². The second-order valence-corrected chi connectivity index (χ2v) is 8.69. The van der Waals surface area contributed by atoms with E-state index in [2.05, 4.69) is 28.5 Å². The molecule has 0 atom stereocenters. The van der Waals surface area contributed by atoms with Crippen molar-refractivity contribution in [2.45, 2.75) is 25.9 Å². The minimum Gasteiger partial charge on any atom is -0.383 e. The number of benzene rings is 2. The number of halogens is 1. The predicted molar refractivity (Wildman–Crippen MR) is 125 cm³/mol. The summed E-state index contributed by atoms with van der Waals surface area (Å²) in [6.45, 7) is 1.41. The first-order valence-electron chi connectivity index (χ1n) is 9.79. The highest BCUT2D eigenvalue weighted by Crippen LogP contribution is 2.28. The van der Waals surface area contributed by atoms with Crippen LogP contribution >= 0.6 is 22.9 Å². The smallest absolute Gasteiger partial charge is 0.173 e. The van der Waals surface area contributed by atoms with Crippen molar-refractivity contribution in [3.63, 3.8) is 0 Å². The van der Waals surface area contributed by atoms with Gasteiger partial charge in [-0.25, -0.2) is 4.98 Å². The number of hydrogen-bond acceptors (Lipinski definition) is 5. The Kier molecular flexibility index (Phi) is 6.43. The number of ketones is 1. The summed E-state index contributed by atoms with van der Waals surface area (Å²) >= 11 is 7.84.